The van der Waals surface area contributed by atoms with E-state index in [-0.39, 0.29) is 0 Å². The van der Waals surface area contributed by atoms with E-state index >= 15 is 0 Å². The molecule has 1 heteroatoms. The number of hydrogen-bond donors (Lipinski definition) is 1. The Kier molecular flexibility index (Phi) is 5.57. The standard InChI is InChI=1S/C6H11N.2C2H6/c1-2-6(1)3-4-7-5-6;2*1-2/h7H,1-5H2;2*1-2H3. The Morgan fingerprint density at radius 1 is 0.909 bits per heavy atom. The summed E-state index contributed by atoms with van der Waals surface area (Å²) >= 11 is 0. The molecule has 1 saturated carbocycles. The fraction of sp³-hybridized carbons (Fsp3) is 1.00. The largest absolute Gasteiger partial charge is 0.316 e. The first-order valence-corrected chi connectivity index (χ1v) is 5.12. The van der Waals surface area contributed by atoms with Crippen molar-refractivity contribution >= 4 is 0 Å². The molecule has 2 rings (SSSR count). The minimum absolute atomic E-state index is 0.833. The second-order valence-electron chi connectivity index (χ2n) is 2.93. The molecule has 0 aromatic rings. The Balaban J connectivity index is 0.000000222. The molecule has 68 valence electrons. The zero-order valence-electron chi connectivity index (χ0n) is 8.54. The predicted molar refractivity (Wildman–Crippen MR) is 51.8 cm³/mol. The van der Waals surface area contributed by atoms with Crippen LogP contribution in [0.3, 0.4) is 0 Å². The van der Waals surface area contributed by atoms with E-state index < -0.39 is 0 Å². The van der Waals surface area contributed by atoms with Crippen LogP contribution in [0.2, 0.25) is 0 Å². The molecule has 1 aliphatic carbocycles. The average Bonchev–Trinajstić information content (AvgIpc) is 2.68. The fourth-order valence-corrected chi connectivity index (χ4v) is 1.40. The summed E-state index contributed by atoms with van der Waals surface area (Å²) in [6, 6.07) is 0. The van der Waals surface area contributed by atoms with E-state index in [1.54, 1.807) is 0 Å². The van der Waals surface area contributed by atoms with E-state index in [0.717, 1.165) is 5.41 Å². The van der Waals surface area contributed by atoms with Crippen LogP contribution in [0.4, 0.5) is 0 Å². The molecule has 1 heterocycles. The average molecular weight is 157 g/mol. The molecular weight excluding hydrogens is 134 g/mol. The Labute approximate surface area is 71.6 Å². The summed E-state index contributed by atoms with van der Waals surface area (Å²) in [5.74, 6) is 0. The minimum atomic E-state index is 0.833. The minimum Gasteiger partial charge on any atom is -0.316 e. The lowest BCUT2D eigenvalue weighted by Crippen LogP contribution is -2.08. The molecule has 1 spiro atoms. The Bertz CT molecular complexity index is 76.9. The summed E-state index contributed by atoms with van der Waals surface area (Å²) in [7, 11) is 0. The molecule has 0 atom stereocenters. The van der Waals surface area contributed by atoms with Gasteiger partial charge in [0.15, 0.2) is 0 Å². The smallest absolute Gasteiger partial charge is 0.000829 e. The van der Waals surface area contributed by atoms with Gasteiger partial charge in [-0.2, -0.15) is 0 Å². The number of hydrogen-bond acceptors (Lipinski definition) is 1. The van der Waals surface area contributed by atoms with Crippen LogP contribution < -0.4 is 5.32 Å². The molecule has 1 aliphatic heterocycles. The van der Waals surface area contributed by atoms with E-state index in [1.165, 1.54) is 32.4 Å². The van der Waals surface area contributed by atoms with Crippen LogP contribution in [0.25, 0.3) is 0 Å². The number of rotatable bonds is 0. The van der Waals surface area contributed by atoms with Crippen molar-refractivity contribution in [3.63, 3.8) is 0 Å². The van der Waals surface area contributed by atoms with Gasteiger partial charge in [0, 0.05) is 6.54 Å². The lowest BCUT2D eigenvalue weighted by molar-refractivity contribution is 0.574. The van der Waals surface area contributed by atoms with E-state index in [0.29, 0.717) is 0 Å². The van der Waals surface area contributed by atoms with Crippen LogP contribution in [-0.2, 0) is 0 Å². The zero-order valence-corrected chi connectivity index (χ0v) is 8.54. The molecule has 1 saturated heterocycles. The van der Waals surface area contributed by atoms with Gasteiger partial charge in [0.1, 0.15) is 0 Å². The van der Waals surface area contributed by atoms with Crippen molar-refractivity contribution in [2.24, 2.45) is 5.41 Å². The van der Waals surface area contributed by atoms with Crippen molar-refractivity contribution < 1.29 is 0 Å². The zero-order chi connectivity index (χ0) is 8.74. The van der Waals surface area contributed by atoms with Crippen LogP contribution in [-0.4, -0.2) is 13.1 Å². The summed E-state index contributed by atoms with van der Waals surface area (Å²) < 4.78 is 0. The van der Waals surface area contributed by atoms with Gasteiger partial charge in [0.25, 0.3) is 0 Å². The summed E-state index contributed by atoms with van der Waals surface area (Å²) in [6.45, 7) is 10.6. The molecule has 0 aromatic heterocycles. The Morgan fingerprint density at radius 2 is 1.45 bits per heavy atom. The first kappa shape index (κ1) is 11.0. The third-order valence-corrected chi connectivity index (χ3v) is 2.29. The molecule has 0 amide bonds. The molecule has 2 fully saturated rings. The van der Waals surface area contributed by atoms with Crippen LogP contribution in [0.15, 0.2) is 0 Å². The first-order chi connectivity index (χ1) is 5.41. The van der Waals surface area contributed by atoms with E-state index in [1.807, 2.05) is 27.7 Å². The molecule has 1 nitrogen and oxygen atoms in total. The van der Waals surface area contributed by atoms with Crippen LogP contribution in [0.1, 0.15) is 47.0 Å². The van der Waals surface area contributed by atoms with Crippen molar-refractivity contribution in [1.29, 1.82) is 0 Å². The van der Waals surface area contributed by atoms with Crippen LogP contribution in [0, 0.1) is 5.41 Å². The van der Waals surface area contributed by atoms with Gasteiger partial charge < -0.3 is 5.32 Å². The quantitative estimate of drug-likeness (QED) is 0.570. The van der Waals surface area contributed by atoms with Gasteiger partial charge in [-0.15, -0.1) is 0 Å². The highest BCUT2D eigenvalue weighted by molar-refractivity contribution is 4.98. The lowest BCUT2D eigenvalue weighted by atomic mass is 10.1. The van der Waals surface area contributed by atoms with Gasteiger partial charge in [-0.1, -0.05) is 27.7 Å². The molecule has 2 aliphatic rings. The molecule has 0 unspecified atom stereocenters. The lowest BCUT2D eigenvalue weighted by Gasteiger charge is -1.96. The van der Waals surface area contributed by atoms with Crippen molar-refractivity contribution in [3.8, 4) is 0 Å². The third kappa shape index (κ3) is 3.24. The highest BCUT2D eigenvalue weighted by atomic mass is 14.9. The van der Waals surface area contributed by atoms with Crippen LogP contribution in [0.5, 0.6) is 0 Å². The maximum Gasteiger partial charge on any atom is 0.000829 e. The van der Waals surface area contributed by atoms with Gasteiger partial charge in [-0.3, -0.25) is 0 Å². The maximum atomic E-state index is 3.38. The van der Waals surface area contributed by atoms with Crippen LogP contribution >= 0.6 is 0 Å². The van der Waals surface area contributed by atoms with Crippen molar-refractivity contribution in [2.75, 3.05) is 13.1 Å². The van der Waals surface area contributed by atoms with Crippen molar-refractivity contribution in [2.45, 2.75) is 47.0 Å². The highest BCUT2D eigenvalue weighted by Crippen LogP contribution is 2.49. The summed E-state index contributed by atoms with van der Waals surface area (Å²) in [5.41, 5.74) is 0.833. The van der Waals surface area contributed by atoms with E-state index in [2.05, 4.69) is 5.32 Å². The predicted octanol–water partition coefficient (Wildman–Crippen LogP) is 2.81. The Morgan fingerprint density at radius 3 is 1.64 bits per heavy atom. The molecule has 11 heavy (non-hydrogen) atoms. The van der Waals surface area contributed by atoms with Gasteiger partial charge in [0.2, 0.25) is 0 Å². The molecular formula is C10H23N. The normalized spacial score (nSPS) is 22.9. The SMILES string of the molecule is C1CC2(CC2)CN1.CC.CC. The second kappa shape index (κ2) is 5.59. The topological polar surface area (TPSA) is 12.0 Å². The monoisotopic (exact) mass is 157 g/mol. The second-order valence-corrected chi connectivity index (χ2v) is 2.93. The fourth-order valence-electron chi connectivity index (χ4n) is 1.40. The molecule has 0 bridgehead atoms. The molecule has 0 radical (unpaired) electrons. The molecule has 0 aromatic carbocycles. The number of nitrogens with one attached hydrogen (secondary N) is 1. The maximum absolute atomic E-state index is 3.38. The third-order valence-electron chi connectivity index (χ3n) is 2.29. The molecule has 1 N–H and O–H groups in total. The van der Waals surface area contributed by atoms with Gasteiger partial charge in [0.05, 0.1) is 0 Å². The van der Waals surface area contributed by atoms with E-state index in [9.17, 15) is 0 Å². The summed E-state index contributed by atoms with van der Waals surface area (Å²) in [4.78, 5) is 0. The summed E-state index contributed by atoms with van der Waals surface area (Å²) in [6.07, 6.45) is 4.45. The summed E-state index contributed by atoms with van der Waals surface area (Å²) in [5, 5.41) is 3.38. The first-order valence-electron chi connectivity index (χ1n) is 5.12. The van der Waals surface area contributed by atoms with Crippen molar-refractivity contribution in [3.05, 3.63) is 0 Å². The van der Waals surface area contributed by atoms with Gasteiger partial charge >= 0.3 is 0 Å². The Hall–Kier alpha value is -0.0400. The van der Waals surface area contributed by atoms with Crippen molar-refractivity contribution in [1.82, 2.24) is 5.32 Å². The van der Waals surface area contributed by atoms with E-state index in [4.69, 9.17) is 0 Å². The van der Waals surface area contributed by atoms with Gasteiger partial charge in [-0.05, 0) is 31.2 Å². The van der Waals surface area contributed by atoms with Gasteiger partial charge in [-0.25, -0.2) is 0 Å². The highest BCUT2D eigenvalue weighted by Gasteiger charge is 2.44.